The number of benzene rings is 2. The molecule has 0 spiro atoms. The van der Waals surface area contributed by atoms with Gasteiger partial charge >= 0.3 is 0 Å². The molecule has 21 heavy (non-hydrogen) atoms. The van der Waals surface area contributed by atoms with E-state index in [-0.39, 0.29) is 11.9 Å². The molecular weight excluding hydrogens is 258 g/mol. The second-order valence-corrected chi connectivity index (χ2v) is 5.94. The topological polar surface area (TPSA) is 29.1 Å². The lowest BCUT2D eigenvalue weighted by Crippen LogP contribution is -2.26. The Morgan fingerprint density at radius 3 is 2.52 bits per heavy atom. The van der Waals surface area contributed by atoms with Crippen molar-refractivity contribution in [2.24, 2.45) is 0 Å². The van der Waals surface area contributed by atoms with Crippen molar-refractivity contribution in [2.75, 3.05) is 0 Å². The van der Waals surface area contributed by atoms with Gasteiger partial charge in [0.2, 0.25) is 0 Å². The van der Waals surface area contributed by atoms with Crippen LogP contribution in [0.2, 0.25) is 0 Å². The second kappa shape index (κ2) is 5.72. The molecule has 108 valence electrons. The quantitative estimate of drug-likeness (QED) is 0.905. The highest BCUT2D eigenvalue weighted by Crippen LogP contribution is 2.25. The molecular formula is C19H21NO. The van der Waals surface area contributed by atoms with Crippen molar-refractivity contribution >= 4 is 5.91 Å². The summed E-state index contributed by atoms with van der Waals surface area (Å²) in [5, 5.41) is 3.08. The van der Waals surface area contributed by atoms with E-state index in [1.54, 1.807) is 0 Å². The van der Waals surface area contributed by atoms with E-state index in [9.17, 15) is 4.79 Å². The summed E-state index contributed by atoms with van der Waals surface area (Å²) in [4.78, 5) is 12.3. The first-order valence-electron chi connectivity index (χ1n) is 7.63. The summed E-state index contributed by atoms with van der Waals surface area (Å²) < 4.78 is 0. The van der Waals surface area contributed by atoms with E-state index in [2.05, 4.69) is 23.5 Å². The second-order valence-electron chi connectivity index (χ2n) is 5.94. The van der Waals surface area contributed by atoms with Gasteiger partial charge < -0.3 is 5.32 Å². The van der Waals surface area contributed by atoms with Crippen LogP contribution in [-0.2, 0) is 12.8 Å². The largest absolute Gasteiger partial charge is 0.346 e. The molecule has 0 radical (unpaired) electrons. The fourth-order valence-corrected chi connectivity index (χ4v) is 2.93. The Kier molecular flexibility index (Phi) is 3.78. The highest BCUT2D eigenvalue weighted by molar-refractivity contribution is 5.94. The van der Waals surface area contributed by atoms with Crippen LogP contribution in [0.4, 0.5) is 0 Å². The lowest BCUT2D eigenvalue weighted by atomic mass is 10.0. The minimum atomic E-state index is -0.0111. The van der Waals surface area contributed by atoms with Crippen molar-refractivity contribution in [3.8, 4) is 0 Å². The van der Waals surface area contributed by atoms with E-state index >= 15 is 0 Å². The fraction of sp³-hybridized carbons (Fsp3) is 0.316. The Bertz CT molecular complexity index is 658. The van der Waals surface area contributed by atoms with Gasteiger partial charge in [0.05, 0.1) is 6.04 Å². The van der Waals surface area contributed by atoms with Crippen molar-refractivity contribution in [2.45, 2.75) is 39.2 Å². The highest BCUT2D eigenvalue weighted by Gasteiger charge is 2.15. The van der Waals surface area contributed by atoms with Crippen molar-refractivity contribution in [1.82, 2.24) is 5.32 Å². The van der Waals surface area contributed by atoms with Crippen molar-refractivity contribution in [1.29, 1.82) is 0 Å². The number of amides is 1. The summed E-state index contributed by atoms with van der Waals surface area (Å²) in [5.74, 6) is -0.0111. The van der Waals surface area contributed by atoms with Gasteiger partial charge in [-0.1, -0.05) is 35.9 Å². The number of aryl methyl sites for hydroxylation is 3. The number of hydrogen-bond acceptors (Lipinski definition) is 1. The summed E-state index contributed by atoms with van der Waals surface area (Å²) in [7, 11) is 0. The van der Waals surface area contributed by atoms with Gasteiger partial charge in [0.15, 0.2) is 0 Å². The van der Waals surface area contributed by atoms with Gasteiger partial charge in [0.1, 0.15) is 0 Å². The van der Waals surface area contributed by atoms with E-state index < -0.39 is 0 Å². The number of carbonyl (C=O) groups excluding carboxylic acids is 1. The van der Waals surface area contributed by atoms with Gasteiger partial charge in [-0.25, -0.2) is 0 Å². The van der Waals surface area contributed by atoms with Crippen molar-refractivity contribution in [3.63, 3.8) is 0 Å². The smallest absolute Gasteiger partial charge is 0.251 e. The van der Waals surface area contributed by atoms with Crippen LogP contribution in [0.15, 0.2) is 42.5 Å². The molecule has 2 heteroatoms. The van der Waals surface area contributed by atoms with Crippen LogP contribution >= 0.6 is 0 Å². The molecule has 1 amide bonds. The van der Waals surface area contributed by atoms with Gasteiger partial charge in [-0.15, -0.1) is 0 Å². The first-order valence-corrected chi connectivity index (χ1v) is 7.63. The summed E-state index contributed by atoms with van der Waals surface area (Å²) in [6, 6.07) is 14.3. The summed E-state index contributed by atoms with van der Waals surface area (Å²) in [6.45, 7) is 4.07. The summed E-state index contributed by atoms with van der Waals surface area (Å²) in [6.07, 6.45) is 3.62. The molecule has 0 aliphatic heterocycles. The SMILES string of the molecule is Cc1ccc(C(=O)N[C@@H](C)c2ccc3c(c2)CCC3)cc1. The molecule has 3 rings (SSSR count). The predicted octanol–water partition coefficient (Wildman–Crippen LogP) is 3.97. The van der Waals surface area contributed by atoms with Crippen LogP contribution in [0.1, 0.15) is 52.0 Å². The molecule has 0 unspecified atom stereocenters. The van der Waals surface area contributed by atoms with E-state index in [1.165, 1.54) is 41.5 Å². The van der Waals surface area contributed by atoms with Crippen LogP contribution in [0.25, 0.3) is 0 Å². The van der Waals surface area contributed by atoms with Gasteiger partial charge in [-0.05, 0) is 61.9 Å². The average molecular weight is 279 g/mol. The molecule has 1 aliphatic rings. The first kappa shape index (κ1) is 13.9. The van der Waals surface area contributed by atoms with Crippen molar-refractivity contribution in [3.05, 3.63) is 70.3 Å². The van der Waals surface area contributed by atoms with E-state index in [0.29, 0.717) is 5.56 Å². The number of rotatable bonds is 3. The zero-order valence-corrected chi connectivity index (χ0v) is 12.6. The molecule has 0 fully saturated rings. The molecule has 0 saturated carbocycles. The average Bonchev–Trinajstić information content (AvgIpc) is 2.95. The monoisotopic (exact) mass is 279 g/mol. The minimum Gasteiger partial charge on any atom is -0.346 e. The molecule has 2 aromatic carbocycles. The van der Waals surface area contributed by atoms with E-state index in [0.717, 1.165) is 0 Å². The molecule has 1 atom stereocenters. The number of nitrogens with one attached hydrogen (secondary N) is 1. The molecule has 1 aliphatic carbocycles. The maximum absolute atomic E-state index is 12.3. The maximum Gasteiger partial charge on any atom is 0.251 e. The lowest BCUT2D eigenvalue weighted by molar-refractivity contribution is 0.0940. The van der Waals surface area contributed by atoms with Gasteiger partial charge in [-0.2, -0.15) is 0 Å². The zero-order valence-electron chi connectivity index (χ0n) is 12.6. The third-order valence-electron chi connectivity index (χ3n) is 4.28. The molecule has 0 heterocycles. The lowest BCUT2D eigenvalue weighted by Gasteiger charge is -2.16. The molecule has 2 nitrogen and oxygen atoms in total. The number of fused-ring (bicyclic) bond motifs is 1. The molecule has 0 saturated heterocycles. The van der Waals surface area contributed by atoms with Crippen LogP contribution in [0, 0.1) is 6.92 Å². The highest BCUT2D eigenvalue weighted by atomic mass is 16.1. The Morgan fingerprint density at radius 1 is 1.05 bits per heavy atom. The summed E-state index contributed by atoms with van der Waals surface area (Å²) >= 11 is 0. The molecule has 1 N–H and O–H groups in total. The minimum absolute atomic E-state index is 0.0111. The van der Waals surface area contributed by atoms with Crippen molar-refractivity contribution < 1.29 is 4.79 Å². The Hall–Kier alpha value is -2.09. The number of hydrogen-bond donors (Lipinski definition) is 1. The Balaban J connectivity index is 1.72. The fourth-order valence-electron chi connectivity index (χ4n) is 2.93. The summed E-state index contributed by atoms with van der Waals surface area (Å²) in [5.41, 5.74) is 5.99. The van der Waals surface area contributed by atoms with Gasteiger partial charge in [0, 0.05) is 5.56 Å². The molecule has 0 bridgehead atoms. The predicted molar refractivity (Wildman–Crippen MR) is 85.5 cm³/mol. The maximum atomic E-state index is 12.3. The van der Waals surface area contributed by atoms with Crippen LogP contribution in [-0.4, -0.2) is 5.91 Å². The number of carbonyl (C=O) groups is 1. The van der Waals surface area contributed by atoms with Crippen LogP contribution < -0.4 is 5.32 Å². The normalized spacial score (nSPS) is 14.6. The Morgan fingerprint density at radius 2 is 1.76 bits per heavy atom. The third-order valence-corrected chi connectivity index (χ3v) is 4.28. The van der Waals surface area contributed by atoms with Crippen LogP contribution in [0.3, 0.4) is 0 Å². The van der Waals surface area contributed by atoms with Crippen LogP contribution in [0.5, 0.6) is 0 Å². The first-order chi connectivity index (χ1) is 10.1. The van der Waals surface area contributed by atoms with E-state index in [1.807, 2.05) is 38.1 Å². The standard InChI is InChI=1S/C19H21NO/c1-13-6-8-16(9-7-13)19(21)20-14(2)17-11-10-15-4-3-5-18(15)12-17/h6-12,14H,3-5H2,1-2H3,(H,20,21)/t14-/m0/s1. The molecule has 2 aromatic rings. The van der Waals surface area contributed by atoms with E-state index in [4.69, 9.17) is 0 Å². The van der Waals surface area contributed by atoms with Gasteiger partial charge in [-0.3, -0.25) is 4.79 Å². The Labute approximate surface area is 126 Å². The van der Waals surface area contributed by atoms with Gasteiger partial charge in [0.25, 0.3) is 5.91 Å². The zero-order chi connectivity index (χ0) is 14.8. The molecule has 0 aromatic heterocycles. The third kappa shape index (κ3) is 2.99.